The molecule has 2 N–H and O–H groups in total. The van der Waals surface area contributed by atoms with Crippen molar-refractivity contribution in [1.82, 2.24) is 0 Å². The van der Waals surface area contributed by atoms with E-state index >= 15 is 0 Å². The summed E-state index contributed by atoms with van der Waals surface area (Å²) < 4.78 is 6.32. The molecule has 1 aromatic carbocycles. The quantitative estimate of drug-likeness (QED) is 0.525. The lowest BCUT2D eigenvalue weighted by Gasteiger charge is -2.11. The van der Waals surface area contributed by atoms with Crippen LogP contribution >= 0.6 is 15.9 Å². The summed E-state index contributed by atoms with van der Waals surface area (Å²) in [4.78, 5) is 11.5. The lowest BCUT2D eigenvalue weighted by Crippen LogP contribution is -2.05. The number of ether oxygens (including phenoxy) is 1. The van der Waals surface area contributed by atoms with Crippen molar-refractivity contribution in [1.29, 1.82) is 0 Å². The number of ketones is 1. The summed E-state index contributed by atoms with van der Waals surface area (Å²) >= 11 is 3.31. The van der Waals surface area contributed by atoms with Gasteiger partial charge < -0.3 is 10.5 Å². The first-order valence-corrected chi connectivity index (χ1v) is 6.07. The summed E-state index contributed by atoms with van der Waals surface area (Å²) in [7, 11) is 0. The van der Waals surface area contributed by atoms with Gasteiger partial charge in [0, 0.05) is 4.47 Å². The molecule has 0 fully saturated rings. The number of carbonyl (C=O) groups is 1. The van der Waals surface area contributed by atoms with Crippen LogP contribution < -0.4 is 10.5 Å². The Bertz CT molecular complexity index is 463. The second-order valence-corrected chi connectivity index (χ2v) is 4.94. The van der Waals surface area contributed by atoms with Crippen LogP contribution in [0.4, 0.5) is 5.69 Å². The summed E-state index contributed by atoms with van der Waals surface area (Å²) in [5.74, 6) is 0.392. The number of hydrogen-bond acceptors (Lipinski definition) is 3. The Balaban J connectivity index is 3.04. The molecule has 0 amide bonds. The van der Waals surface area contributed by atoms with Crippen molar-refractivity contribution in [2.45, 2.75) is 20.8 Å². The maximum Gasteiger partial charge on any atom is 0.163 e. The molecular formula is C13H16BrNO2. The molecule has 0 aliphatic carbocycles. The predicted octanol–water partition coefficient (Wildman–Crippen LogP) is 3.58. The van der Waals surface area contributed by atoms with E-state index in [4.69, 9.17) is 10.5 Å². The fourth-order valence-electron chi connectivity index (χ4n) is 1.33. The van der Waals surface area contributed by atoms with Crippen LogP contribution in [0.1, 0.15) is 31.1 Å². The van der Waals surface area contributed by atoms with Crippen molar-refractivity contribution < 1.29 is 9.53 Å². The third kappa shape index (κ3) is 3.89. The molecule has 0 spiro atoms. The molecule has 17 heavy (non-hydrogen) atoms. The molecule has 1 rings (SSSR count). The third-order valence-electron chi connectivity index (χ3n) is 2.18. The number of nitrogens with two attached hydrogens (primary N) is 1. The van der Waals surface area contributed by atoms with Gasteiger partial charge in [-0.1, -0.05) is 21.5 Å². The molecular weight excluding hydrogens is 282 g/mol. The monoisotopic (exact) mass is 297 g/mol. The van der Waals surface area contributed by atoms with Crippen molar-refractivity contribution >= 4 is 27.4 Å². The second-order valence-electron chi connectivity index (χ2n) is 4.02. The molecule has 1 aromatic rings. The number of benzene rings is 1. The third-order valence-corrected chi connectivity index (χ3v) is 2.64. The fraction of sp³-hybridized carbons (Fsp3) is 0.308. The number of Topliss-reactive ketones (excluding diaryl/α,β-unsaturated/α-hetero) is 1. The minimum Gasteiger partial charge on any atom is -0.487 e. The highest BCUT2D eigenvalue weighted by Crippen LogP contribution is 2.31. The maximum atomic E-state index is 11.5. The molecule has 0 unspecified atom stereocenters. The first-order valence-electron chi connectivity index (χ1n) is 5.28. The zero-order chi connectivity index (χ0) is 13.0. The van der Waals surface area contributed by atoms with Crippen molar-refractivity contribution in [3.8, 4) is 5.75 Å². The Labute approximate surface area is 110 Å². The van der Waals surface area contributed by atoms with Gasteiger partial charge in [0.25, 0.3) is 0 Å². The molecule has 0 saturated heterocycles. The minimum atomic E-state index is -0.0646. The van der Waals surface area contributed by atoms with Gasteiger partial charge in [0.05, 0.1) is 11.3 Å². The summed E-state index contributed by atoms with van der Waals surface area (Å²) in [6.07, 6.45) is 1.94. The average Bonchev–Trinajstić information content (AvgIpc) is 2.19. The van der Waals surface area contributed by atoms with Crippen LogP contribution in [0.5, 0.6) is 5.75 Å². The van der Waals surface area contributed by atoms with E-state index in [1.165, 1.54) is 6.92 Å². The summed E-state index contributed by atoms with van der Waals surface area (Å²) in [6.45, 7) is 5.88. The Morgan fingerprint density at radius 2 is 2.06 bits per heavy atom. The number of anilines is 1. The van der Waals surface area contributed by atoms with E-state index in [0.29, 0.717) is 23.6 Å². The van der Waals surface area contributed by atoms with E-state index in [0.717, 1.165) is 10.0 Å². The zero-order valence-electron chi connectivity index (χ0n) is 10.2. The second kappa shape index (κ2) is 5.87. The number of rotatable bonds is 4. The van der Waals surface area contributed by atoms with Gasteiger partial charge in [-0.15, -0.1) is 0 Å². The normalized spacial score (nSPS) is 9.88. The van der Waals surface area contributed by atoms with E-state index in [1.807, 2.05) is 19.9 Å². The predicted molar refractivity (Wildman–Crippen MR) is 73.5 cm³/mol. The van der Waals surface area contributed by atoms with Gasteiger partial charge >= 0.3 is 0 Å². The number of hydrogen-bond donors (Lipinski definition) is 1. The van der Waals surface area contributed by atoms with E-state index in [-0.39, 0.29) is 5.78 Å². The van der Waals surface area contributed by atoms with Crippen LogP contribution in [0.3, 0.4) is 0 Å². The van der Waals surface area contributed by atoms with Gasteiger partial charge in [0.1, 0.15) is 6.61 Å². The molecule has 0 saturated carbocycles. The Hall–Kier alpha value is -1.29. The summed E-state index contributed by atoms with van der Waals surface area (Å²) in [5.41, 5.74) is 7.97. The number of carbonyl (C=O) groups excluding carboxylic acids is 1. The van der Waals surface area contributed by atoms with E-state index in [9.17, 15) is 4.79 Å². The molecule has 0 bridgehead atoms. The zero-order valence-corrected chi connectivity index (χ0v) is 11.8. The van der Waals surface area contributed by atoms with Gasteiger partial charge in [-0.2, -0.15) is 0 Å². The smallest absolute Gasteiger partial charge is 0.163 e. The molecule has 0 radical (unpaired) electrons. The topological polar surface area (TPSA) is 52.3 Å². The summed E-state index contributed by atoms with van der Waals surface area (Å²) in [6, 6.07) is 3.45. The molecule has 0 atom stereocenters. The highest BCUT2D eigenvalue weighted by atomic mass is 79.9. The first-order chi connectivity index (χ1) is 7.91. The Morgan fingerprint density at radius 1 is 1.41 bits per heavy atom. The van der Waals surface area contributed by atoms with Crippen molar-refractivity contribution in [3.05, 3.63) is 33.8 Å². The van der Waals surface area contributed by atoms with Crippen LogP contribution in [0.15, 0.2) is 28.3 Å². The van der Waals surface area contributed by atoms with Crippen molar-refractivity contribution in [2.75, 3.05) is 12.3 Å². The summed E-state index contributed by atoms with van der Waals surface area (Å²) in [5, 5.41) is 0. The molecule has 0 aliphatic rings. The lowest BCUT2D eigenvalue weighted by molar-refractivity contribution is 0.101. The molecule has 0 aliphatic heterocycles. The number of halogens is 1. The standard InChI is InChI=1S/C13H16BrNO2/c1-8(2)4-5-17-13-11(9(3)16)6-10(14)7-12(13)15/h4,6-7H,5,15H2,1-3H3. The van der Waals surface area contributed by atoms with E-state index in [2.05, 4.69) is 15.9 Å². The molecule has 3 nitrogen and oxygen atoms in total. The largest absolute Gasteiger partial charge is 0.487 e. The number of nitrogen functional groups attached to an aromatic ring is 1. The van der Waals surface area contributed by atoms with Gasteiger partial charge in [-0.05, 0) is 39.0 Å². The van der Waals surface area contributed by atoms with Crippen molar-refractivity contribution in [3.63, 3.8) is 0 Å². The molecule has 0 heterocycles. The van der Waals surface area contributed by atoms with Gasteiger partial charge in [0.2, 0.25) is 0 Å². The van der Waals surface area contributed by atoms with Gasteiger partial charge in [0.15, 0.2) is 11.5 Å². The SMILES string of the molecule is CC(=O)c1cc(Br)cc(N)c1OCC=C(C)C. The van der Waals surface area contributed by atoms with Crippen molar-refractivity contribution in [2.24, 2.45) is 0 Å². The van der Waals surface area contributed by atoms with Gasteiger partial charge in [-0.3, -0.25) is 4.79 Å². The van der Waals surface area contributed by atoms with E-state index in [1.54, 1.807) is 12.1 Å². The first kappa shape index (κ1) is 13.8. The average molecular weight is 298 g/mol. The maximum absolute atomic E-state index is 11.5. The Morgan fingerprint density at radius 3 is 2.59 bits per heavy atom. The molecule has 92 valence electrons. The van der Waals surface area contributed by atoms with Crippen LogP contribution in [0, 0.1) is 0 Å². The Kier molecular flexibility index (Phi) is 4.75. The lowest BCUT2D eigenvalue weighted by atomic mass is 10.1. The minimum absolute atomic E-state index is 0.0646. The highest BCUT2D eigenvalue weighted by molar-refractivity contribution is 9.10. The van der Waals surface area contributed by atoms with Crippen LogP contribution in [0.25, 0.3) is 0 Å². The molecule has 0 aromatic heterocycles. The fourth-order valence-corrected chi connectivity index (χ4v) is 1.80. The van der Waals surface area contributed by atoms with Crippen LogP contribution in [-0.2, 0) is 0 Å². The highest BCUT2D eigenvalue weighted by Gasteiger charge is 2.13. The van der Waals surface area contributed by atoms with E-state index < -0.39 is 0 Å². The van der Waals surface area contributed by atoms with Gasteiger partial charge in [-0.25, -0.2) is 0 Å². The number of allylic oxidation sites excluding steroid dienone is 1. The van der Waals surface area contributed by atoms with Crippen LogP contribution in [-0.4, -0.2) is 12.4 Å². The molecule has 4 heteroatoms. The van der Waals surface area contributed by atoms with Crippen LogP contribution in [0.2, 0.25) is 0 Å².